The van der Waals surface area contributed by atoms with E-state index in [1.807, 2.05) is 6.92 Å². The van der Waals surface area contributed by atoms with Crippen LogP contribution in [0, 0.1) is 0 Å². The fraction of sp³-hybridized carbons (Fsp3) is 0.625. The van der Waals surface area contributed by atoms with Crippen LogP contribution in [0.4, 0.5) is 0 Å². The summed E-state index contributed by atoms with van der Waals surface area (Å²) in [4.78, 5) is 14.4. The molecule has 1 N–H and O–H groups in total. The molecule has 2 heterocycles. The number of thioether (sulfide) groups is 1. The first-order valence-corrected chi connectivity index (χ1v) is 5.32. The van der Waals surface area contributed by atoms with Crippen LogP contribution in [0.5, 0.6) is 0 Å². The fourth-order valence-electron chi connectivity index (χ4n) is 1.47. The van der Waals surface area contributed by atoms with E-state index in [1.165, 1.54) is 0 Å². The Kier molecular flexibility index (Phi) is 2.22. The van der Waals surface area contributed by atoms with Crippen LogP contribution in [0.1, 0.15) is 36.3 Å². The molecule has 1 fully saturated rings. The smallest absolute Gasteiger partial charge is 0.377 e. The Morgan fingerprint density at radius 3 is 3.00 bits per heavy atom. The molecule has 0 saturated carbocycles. The van der Waals surface area contributed by atoms with E-state index in [1.54, 1.807) is 11.8 Å². The molecule has 0 aromatic carbocycles. The van der Waals surface area contributed by atoms with Crippen LogP contribution < -0.4 is 0 Å². The lowest BCUT2D eigenvalue weighted by Crippen LogP contribution is -2.13. The molecule has 0 spiro atoms. The molecule has 14 heavy (non-hydrogen) atoms. The number of nitrogens with zero attached hydrogens (tertiary/aromatic N) is 2. The third kappa shape index (κ3) is 1.50. The Morgan fingerprint density at radius 1 is 1.71 bits per heavy atom. The summed E-state index contributed by atoms with van der Waals surface area (Å²) in [6, 6.07) is 0. The number of carbonyl (C=O) groups is 1. The van der Waals surface area contributed by atoms with Crippen molar-refractivity contribution in [2.45, 2.75) is 24.5 Å². The summed E-state index contributed by atoms with van der Waals surface area (Å²) in [5.74, 6) is 0.0825. The van der Waals surface area contributed by atoms with Gasteiger partial charge in [-0.1, -0.05) is 0 Å². The van der Waals surface area contributed by atoms with E-state index in [4.69, 9.17) is 9.63 Å². The Balaban J connectivity index is 2.28. The summed E-state index contributed by atoms with van der Waals surface area (Å²) in [6.07, 6.45) is 2.06. The van der Waals surface area contributed by atoms with Crippen molar-refractivity contribution in [3.05, 3.63) is 11.7 Å². The first-order valence-electron chi connectivity index (χ1n) is 4.33. The minimum atomic E-state index is -1.15. The van der Waals surface area contributed by atoms with Gasteiger partial charge in [-0.2, -0.15) is 4.98 Å². The summed E-state index contributed by atoms with van der Waals surface area (Å²) >= 11 is 1.73. The van der Waals surface area contributed by atoms with E-state index in [9.17, 15) is 4.79 Å². The minimum Gasteiger partial charge on any atom is -0.475 e. The highest BCUT2D eigenvalue weighted by atomic mass is 32.2. The van der Waals surface area contributed by atoms with Gasteiger partial charge in [0.1, 0.15) is 0 Å². The molecule has 2 rings (SSSR count). The SMILES string of the molecule is CC1(c2nc(C(=O)O)no2)CCCS1. The van der Waals surface area contributed by atoms with Crippen LogP contribution in [0.2, 0.25) is 0 Å². The predicted molar refractivity (Wildman–Crippen MR) is 50.3 cm³/mol. The largest absolute Gasteiger partial charge is 0.475 e. The van der Waals surface area contributed by atoms with Gasteiger partial charge in [-0.15, -0.1) is 11.8 Å². The van der Waals surface area contributed by atoms with Gasteiger partial charge in [0.15, 0.2) is 0 Å². The Labute approximate surface area is 84.9 Å². The van der Waals surface area contributed by atoms with Gasteiger partial charge in [-0.05, 0) is 30.7 Å². The second-order valence-corrected chi connectivity index (χ2v) is 5.01. The summed E-state index contributed by atoms with van der Waals surface area (Å²) in [5.41, 5.74) is 0. The van der Waals surface area contributed by atoms with Crippen molar-refractivity contribution in [1.82, 2.24) is 10.1 Å². The quantitative estimate of drug-likeness (QED) is 0.804. The van der Waals surface area contributed by atoms with Crippen LogP contribution in [0.3, 0.4) is 0 Å². The zero-order valence-electron chi connectivity index (χ0n) is 7.69. The molecule has 1 aliphatic heterocycles. The van der Waals surface area contributed by atoms with Gasteiger partial charge >= 0.3 is 5.97 Å². The van der Waals surface area contributed by atoms with Crippen molar-refractivity contribution < 1.29 is 14.4 Å². The van der Waals surface area contributed by atoms with Crippen LogP contribution in [-0.2, 0) is 4.75 Å². The number of rotatable bonds is 2. The van der Waals surface area contributed by atoms with Crippen molar-refractivity contribution >= 4 is 17.7 Å². The average Bonchev–Trinajstić information content (AvgIpc) is 2.71. The normalized spacial score (nSPS) is 26.6. The van der Waals surface area contributed by atoms with E-state index >= 15 is 0 Å². The lowest BCUT2D eigenvalue weighted by Gasteiger charge is -2.15. The summed E-state index contributed by atoms with van der Waals surface area (Å²) in [6.45, 7) is 2.00. The first kappa shape index (κ1) is 9.51. The van der Waals surface area contributed by atoms with Crippen LogP contribution >= 0.6 is 11.8 Å². The van der Waals surface area contributed by atoms with Gasteiger partial charge in [-0.25, -0.2) is 4.79 Å². The van der Waals surface area contributed by atoms with Crippen molar-refractivity contribution in [2.75, 3.05) is 5.75 Å². The highest BCUT2D eigenvalue weighted by molar-refractivity contribution is 8.00. The molecule has 0 bridgehead atoms. The van der Waals surface area contributed by atoms with Crippen molar-refractivity contribution in [2.24, 2.45) is 0 Å². The molecular weight excluding hydrogens is 204 g/mol. The van der Waals surface area contributed by atoms with E-state index in [0.717, 1.165) is 18.6 Å². The van der Waals surface area contributed by atoms with Gasteiger partial charge in [0.25, 0.3) is 5.82 Å². The Morgan fingerprint density at radius 2 is 2.50 bits per heavy atom. The summed E-state index contributed by atoms with van der Waals surface area (Å²) < 4.78 is 4.76. The third-order valence-corrected chi connectivity index (χ3v) is 3.80. The molecule has 0 aliphatic carbocycles. The van der Waals surface area contributed by atoms with Crippen LogP contribution in [0.15, 0.2) is 4.52 Å². The minimum absolute atomic E-state index is 0.194. The van der Waals surface area contributed by atoms with Crippen molar-refractivity contribution in [3.8, 4) is 0 Å². The average molecular weight is 214 g/mol. The second kappa shape index (κ2) is 3.27. The molecule has 1 saturated heterocycles. The Bertz CT molecular complexity index is 357. The maximum Gasteiger partial charge on any atom is 0.377 e. The van der Waals surface area contributed by atoms with Crippen molar-refractivity contribution in [3.63, 3.8) is 0 Å². The molecule has 1 unspecified atom stereocenters. The number of aromatic carboxylic acids is 1. The summed E-state index contributed by atoms with van der Waals surface area (Å²) in [5, 5.41) is 12.0. The Hall–Kier alpha value is -1.04. The number of hydrogen-bond acceptors (Lipinski definition) is 5. The number of carboxylic acids is 1. The predicted octanol–water partition coefficient (Wildman–Crippen LogP) is 1.51. The first-order chi connectivity index (χ1) is 6.62. The topological polar surface area (TPSA) is 76.2 Å². The fourth-order valence-corrected chi connectivity index (χ4v) is 2.71. The highest BCUT2D eigenvalue weighted by Crippen LogP contribution is 2.45. The van der Waals surface area contributed by atoms with Gasteiger partial charge in [0.2, 0.25) is 5.89 Å². The van der Waals surface area contributed by atoms with Gasteiger partial charge in [0, 0.05) is 0 Å². The standard InChI is InChI=1S/C8H10N2O3S/c1-8(3-2-4-14-8)7-9-5(6(11)12)10-13-7/h2-4H2,1H3,(H,11,12). The third-order valence-electron chi connectivity index (χ3n) is 2.29. The maximum atomic E-state index is 10.5. The van der Waals surface area contributed by atoms with Gasteiger partial charge in [0.05, 0.1) is 4.75 Å². The number of aromatic nitrogens is 2. The van der Waals surface area contributed by atoms with Crippen LogP contribution in [-0.4, -0.2) is 27.0 Å². The molecule has 0 radical (unpaired) electrons. The lowest BCUT2D eigenvalue weighted by atomic mass is 10.1. The van der Waals surface area contributed by atoms with Crippen LogP contribution in [0.25, 0.3) is 0 Å². The molecule has 1 aromatic rings. The number of hydrogen-bond donors (Lipinski definition) is 1. The molecule has 0 amide bonds. The molecule has 1 aliphatic rings. The van der Waals surface area contributed by atoms with E-state index in [2.05, 4.69) is 10.1 Å². The zero-order valence-corrected chi connectivity index (χ0v) is 8.50. The molecule has 5 nitrogen and oxygen atoms in total. The number of carboxylic acid groups (broad SMARTS) is 1. The van der Waals surface area contributed by atoms with E-state index < -0.39 is 5.97 Å². The van der Waals surface area contributed by atoms with Crippen molar-refractivity contribution in [1.29, 1.82) is 0 Å². The van der Waals surface area contributed by atoms with Gasteiger partial charge in [-0.3, -0.25) is 0 Å². The monoisotopic (exact) mass is 214 g/mol. The zero-order chi connectivity index (χ0) is 10.2. The second-order valence-electron chi connectivity index (χ2n) is 3.41. The van der Waals surface area contributed by atoms with E-state index in [-0.39, 0.29) is 10.6 Å². The summed E-state index contributed by atoms with van der Waals surface area (Å²) in [7, 11) is 0. The van der Waals surface area contributed by atoms with Gasteiger partial charge < -0.3 is 9.63 Å². The molecule has 1 atom stereocenters. The molecule has 1 aromatic heterocycles. The highest BCUT2D eigenvalue weighted by Gasteiger charge is 2.37. The lowest BCUT2D eigenvalue weighted by molar-refractivity contribution is 0.0680. The molecule has 76 valence electrons. The molecular formula is C8H10N2O3S. The molecule has 6 heteroatoms. The van der Waals surface area contributed by atoms with E-state index in [0.29, 0.717) is 5.89 Å². The maximum absolute atomic E-state index is 10.5.